The van der Waals surface area contributed by atoms with Crippen molar-refractivity contribution in [3.63, 3.8) is 0 Å². The molecule has 0 fully saturated rings. The Morgan fingerprint density at radius 3 is 2.29 bits per heavy atom. The zero-order valence-electron chi connectivity index (χ0n) is 12.0. The number of carbonyl (C=O) groups is 1. The van der Waals surface area contributed by atoms with E-state index in [9.17, 15) is 4.79 Å². The van der Waals surface area contributed by atoms with Gasteiger partial charge in [-0.2, -0.15) is 0 Å². The van der Waals surface area contributed by atoms with Crippen LogP contribution in [0.15, 0.2) is 53.4 Å². The fraction of sp³-hybridized carbons (Fsp3) is 0.188. The molecule has 0 heterocycles. The van der Waals surface area contributed by atoms with E-state index in [0.29, 0.717) is 0 Å². The Kier molecular flexibility index (Phi) is 5.11. The maximum absolute atomic E-state index is 11.2. The highest BCUT2D eigenvalue weighted by Crippen LogP contribution is 2.33. The van der Waals surface area contributed by atoms with Gasteiger partial charge < -0.3 is 15.8 Å². The molecule has 0 aliphatic carbocycles. The topological polar surface area (TPSA) is 64.3 Å². The summed E-state index contributed by atoms with van der Waals surface area (Å²) in [6, 6.07) is 15.1. The molecule has 2 aromatic rings. The van der Waals surface area contributed by atoms with Crippen molar-refractivity contribution < 1.29 is 9.53 Å². The quantitative estimate of drug-likeness (QED) is 0.656. The second-order valence-electron chi connectivity index (χ2n) is 4.59. The Balaban J connectivity index is 2.20. The van der Waals surface area contributed by atoms with Crippen LogP contribution in [0.25, 0.3) is 0 Å². The summed E-state index contributed by atoms with van der Waals surface area (Å²) in [4.78, 5) is 12.3. The number of nitrogens with one attached hydrogen (secondary N) is 1. The Hall–Kier alpha value is -2.14. The molecule has 21 heavy (non-hydrogen) atoms. The van der Waals surface area contributed by atoms with E-state index in [0.717, 1.165) is 16.2 Å². The minimum Gasteiger partial charge on any atom is -0.497 e. The van der Waals surface area contributed by atoms with Crippen LogP contribution in [0.2, 0.25) is 0 Å². The zero-order chi connectivity index (χ0) is 15.2. The lowest BCUT2D eigenvalue weighted by molar-refractivity contribution is 0.248. The van der Waals surface area contributed by atoms with E-state index >= 15 is 0 Å². The molecule has 2 aromatic carbocycles. The molecule has 0 saturated carbocycles. The largest absolute Gasteiger partial charge is 0.497 e. The highest BCUT2D eigenvalue weighted by atomic mass is 32.2. The first kappa shape index (κ1) is 15.3. The van der Waals surface area contributed by atoms with Gasteiger partial charge in [0.1, 0.15) is 11.1 Å². The van der Waals surface area contributed by atoms with E-state index in [2.05, 4.69) is 5.32 Å². The van der Waals surface area contributed by atoms with Crippen LogP contribution in [0, 0.1) is 6.92 Å². The third-order valence-electron chi connectivity index (χ3n) is 2.97. The van der Waals surface area contributed by atoms with Crippen LogP contribution in [0.3, 0.4) is 0 Å². The lowest BCUT2D eigenvalue weighted by Gasteiger charge is -2.18. The van der Waals surface area contributed by atoms with Gasteiger partial charge >= 0.3 is 6.03 Å². The van der Waals surface area contributed by atoms with Crippen molar-refractivity contribution in [2.75, 3.05) is 7.11 Å². The molecule has 2 rings (SSSR count). The van der Waals surface area contributed by atoms with E-state index in [1.54, 1.807) is 7.11 Å². The van der Waals surface area contributed by atoms with Gasteiger partial charge in [-0.05, 0) is 36.8 Å². The van der Waals surface area contributed by atoms with E-state index in [4.69, 9.17) is 10.5 Å². The molecule has 0 aliphatic heterocycles. The predicted molar refractivity (Wildman–Crippen MR) is 85.5 cm³/mol. The molecule has 4 nitrogen and oxygen atoms in total. The Morgan fingerprint density at radius 1 is 1.14 bits per heavy atom. The maximum atomic E-state index is 11.2. The van der Waals surface area contributed by atoms with Gasteiger partial charge in [0.25, 0.3) is 0 Å². The first-order valence-electron chi connectivity index (χ1n) is 6.52. The van der Waals surface area contributed by atoms with Gasteiger partial charge in [0, 0.05) is 4.90 Å². The molecular formula is C16H18N2O2S. The third-order valence-corrected chi connectivity index (χ3v) is 4.14. The molecule has 0 spiro atoms. The van der Waals surface area contributed by atoms with Crippen LogP contribution in [0.4, 0.5) is 4.79 Å². The van der Waals surface area contributed by atoms with Crippen molar-refractivity contribution in [3.8, 4) is 5.75 Å². The number of carbonyl (C=O) groups excluding carboxylic acids is 1. The normalized spacial score (nSPS) is 11.7. The summed E-state index contributed by atoms with van der Waals surface area (Å²) in [5.74, 6) is 0.775. The maximum Gasteiger partial charge on any atom is 0.313 e. The van der Waals surface area contributed by atoms with Crippen molar-refractivity contribution >= 4 is 17.8 Å². The van der Waals surface area contributed by atoms with E-state index < -0.39 is 6.03 Å². The minimum atomic E-state index is -0.546. The number of amides is 2. The number of primary amides is 1. The average molecular weight is 302 g/mol. The highest BCUT2D eigenvalue weighted by Gasteiger charge is 2.14. The minimum absolute atomic E-state index is 0.240. The lowest BCUT2D eigenvalue weighted by atomic mass is 10.2. The number of thioether (sulfide) groups is 1. The molecule has 0 bridgehead atoms. The SMILES string of the molecule is COc1ccc(C(NC(N)=O)Sc2ccc(C)cc2)cc1. The summed E-state index contributed by atoms with van der Waals surface area (Å²) < 4.78 is 5.14. The van der Waals surface area contributed by atoms with Crippen LogP contribution in [0.1, 0.15) is 16.5 Å². The van der Waals surface area contributed by atoms with Crippen molar-refractivity contribution in [2.24, 2.45) is 5.73 Å². The number of aryl methyl sites for hydroxylation is 1. The lowest BCUT2D eigenvalue weighted by Crippen LogP contribution is -2.31. The van der Waals surface area contributed by atoms with E-state index in [1.807, 2.05) is 55.5 Å². The molecule has 0 radical (unpaired) electrons. The molecule has 1 unspecified atom stereocenters. The number of nitrogens with two attached hydrogens (primary N) is 1. The number of hydrogen-bond acceptors (Lipinski definition) is 3. The van der Waals surface area contributed by atoms with Crippen LogP contribution >= 0.6 is 11.8 Å². The molecule has 1 atom stereocenters. The molecule has 5 heteroatoms. The number of methoxy groups -OCH3 is 1. The van der Waals surface area contributed by atoms with E-state index in [-0.39, 0.29) is 5.37 Å². The van der Waals surface area contributed by atoms with Crippen molar-refractivity contribution in [2.45, 2.75) is 17.2 Å². The molecule has 110 valence electrons. The standard InChI is InChI=1S/C16H18N2O2S/c1-11-3-9-14(10-4-11)21-15(18-16(17)19)12-5-7-13(20-2)8-6-12/h3-10,15H,1-2H3,(H3,17,18,19). The monoisotopic (exact) mass is 302 g/mol. The van der Waals surface area contributed by atoms with Crippen molar-refractivity contribution in [1.82, 2.24) is 5.32 Å². The highest BCUT2D eigenvalue weighted by molar-refractivity contribution is 7.99. The van der Waals surface area contributed by atoms with Crippen molar-refractivity contribution in [3.05, 3.63) is 59.7 Å². The number of ether oxygens (including phenoxy) is 1. The van der Waals surface area contributed by atoms with Gasteiger partial charge in [-0.3, -0.25) is 0 Å². The zero-order valence-corrected chi connectivity index (χ0v) is 12.8. The summed E-state index contributed by atoms with van der Waals surface area (Å²) in [7, 11) is 1.62. The van der Waals surface area contributed by atoms with E-state index in [1.165, 1.54) is 17.3 Å². The third kappa shape index (κ3) is 4.43. The summed E-state index contributed by atoms with van der Waals surface area (Å²) in [6.07, 6.45) is 0. The number of benzene rings is 2. The summed E-state index contributed by atoms with van der Waals surface area (Å²) in [5.41, 5.74) is 7.43. The summed E-state index contributed by atoms with van der Waals surface area (Å²) in [5, 5.41) is 2.52. The number of rotatable bonds is 5. The smallest absolute Gasteiger partial charge is 0.313 e. The predicted octanol–water partition coefficient (Wildman–Crippen LogP) is 3.46. The van der Waals surface area contributed by atoms with Gasteiger partial charge in [-0.1, -0.05) is 41.6 Å². The van der Waals surface area contributed by atoms with Gasteiger partial charge in [-0.25, -0.2) is 4.79 Å². The first-order valence-corrected chi connectivity index (χ1v) is 7.39. The molecular weight excluding hydrogens is 284 g/mol. The Labute approximate surface area is 128 Å². The van der Waals surface area contributed by atoms with Gasteiger partial charge in [0.05, 0.1) is 7.11 Å². The van der Waals surface area contributed by atoms with Crippen LogP contribution in [-0.2, 0) is 0 Å². The number of urea groups is 1. The van der Waals surface area contributed by atoms with Crippen LogP contribution in [-0.4, -0.2) is 13.1 Å². The number of hydrogen-bond donors (Lipinski definition) is 2. The van der Waals surface area contributed by atoms with Crippen LogP contribution < -0.4 is 15.8 Å². The fourth-order valence-corrected chi connectivity index (χ4v) is 2.88. The van der Waals surface area contributed by atoms with Gasteiger partial charge in [-0.15, -0.1) is 0 Å². The molecule has 0 aromatic heterocycles. The Bertz CT molecular complexity index is 597. The van der Waals surface area contributed by atoms with Crippen LogP contribution in [0.5, 0.6) is 5.75 Å². The molecule has 2 amide bonds. The van der Waals surface area contributed by atoms with Crippen molar-refractivity contribution in [1.29, 1.82) is 0 Å². The average Bonchev–Trinajstić information content (AvgIpc) is 2.48. The molecule has 3 N–H and O–H groups in total. The molecule has 0 saturated heterocycles. The van der Waals surface area contributed by atoms with Gasteiger partial charge in [0.15, 0.2) is 0 Å². The second kappa shape index (κ2) is 7.04. The first-order chi connectivity index (χ1) is 10.1. The second-order valence-corrected chi connectivity index (χ2v) is 5.77. The Morgan fingerprint density at radius 2 is 1.76 bits per heavy atom. The molecule has 0 aliphatic rings. The summed E-state index contributed by atoms with van der Waals surface area (Å²) in [6.45, 7) is 2.04. The summed E-state index contributed by atoms with van der Waals surface area (Å²) >= 11 is 1.54. The fourth-order valence-electron chi connectivity index (χ4n) is 1.84. The van der Waals surface area contributed by atoms with Gasteiger partial charge in [0.2, 0.25) is 0 Å².